The van der Waals surface area contributed by atoms with Crippen LogP contribution in [0.5, 0.6) is 0 Å². The van der Waals surface area contributed by atoms with Crippen molar-refractivity contribution >= 4 is 16.0 Å². The minimum absolute atomic E-state index is 0.108. The number of ether oxygens (including phenoxy) is 2. The molecule has 0 aromatic heterocycles. The van der Waals surface area contributed by atoms with E-state index in [4.69, 9.17) is 14.6 Å². The molecule has 0 aliphatic carbocycles. The van der Waals surface area contributed by atoms with Gasteiger partial charge in [-0.3, -0.25) is 0 Å². The fourth-order valence-corrected chi connectivity index (χ4v) is 3.68. The molecular formula is C19H32N4O4S. The number of methoxy groups -OCH3 is 1. The van der Waals surface area contributed by atoms with Gasteiger partial charge in [0.2, 0.25) is 10.0 Å². The molecule has 0 atom stereocenters. The first kappa shape index (κ1) is 22.6. The normalized spacial score (nSPS) is 16.4. The summed E-state index contributed by atoms with van der Waals surface area (Å²) in [5, 5.41) is 8.53. The van der Waals surface area contributed by atoms with Gasteiger partial charge >= 0.3 is 0 Å². The zero-order chi connectivity index (χ0) is 20.4. The number of nitrogens with two attached hydrogens (primary N) is 1. The van der Waals surface area contributed by atoms with Crippen molar-refractivity contribution in [3.8, 4) is 0 Å². The number of hydrogen-bond acceptors (Lipinski definition) is 5. The van der Waals surface area contributed by atoms with Crippen molar-refractivity contribution in [3.05, 3.63) is 29.8 Å². The molecule has 1 aromatic rings. The highest BCUT2D eigenvalue weighted by Crippen LogP contribution is 2.15. The van der Waals surface area contributed by atoms with Crippen molar-refractivity contribution in [2.45, 2.75) is 43.7 Å². The molecule has 1 saturated heterocycles. The molecule has 1 heterocycles. The van der Waals surface area contributed by atoms with E-state index in [-0.39, 0.29) is 11.0 Å². The maximum absolute atomic E-state index is 11.5. The lowest BCUT2D eigenvalue weighted by Gasteiger charge is -2.34. The molecule has 158 valence electrons. The molecule has 2 rings (SSSR count). The molecule has 1 fully saturated rings. The average Bonchev–Trinajstić information content (AvgIpc) is 2.69. The molecule has 9 heteroatoms. The van der Waals surface area contributed by atoms with Gasteiger partial charge in [-0.25, -0.2) is 18.5 Å². The van der Waals surface area contributed by atoms with E-state index in [0.717, 1.165) is 63.6 Å². The zero-order valence-electron chi connectivity index (χ0n) is 16.8. The number of guanidine groups is 1. The Morgan fingerprint density at radius 2 is 2.07 bits per heavy atom. The van der Waals surface area contributed by atoms with E-state index >= 15 is 0 Å². The van der Waals surface area contributed by atoms with Crippen LogP contribution in [0, 0.1) is 0 Å². The number of nitrogens with zero attached hydrogens (tertiary/aromatic N) is 2. The van der Waals surface area contributed by atoms with Gasteiger partial charge in [0.1, 0.15) is 0 Å². The lowest BCUT2D eigenvalue weighted by atomic mass is 10.1. The van der Waals surface area contributed by atoms with Crippen LogP contribution in [0.3, 0.4) is 0 Å². The molecular weight excluding hydrogens is 380 g/mol. The average molecular weight is 413 g/mol. The quantitative estimate of drug-likeness (QED) is 0.360. The maximum Gasteiger partial charge on any atom is 0.238 e. The highest BCUT2D eigenvalue weighted by Gasteiger charge is 2.21. The molecule has 1 aliphatic rings. The summed E-state index contributed by atoms with van der Waals surface area (Å²) in [6, 6.07) is 6.60. The van der Waals surface area contributed by atoms with Crippen molar-refractivity contribution in [2.24, 2.45) is 10.1 Å². The number of nitrogens with one attached hydrogen (secondary N) is 1. The van der Waals surface area contributed by atoms with Crippen molar-refractivity contribution in [1.29, 1.82) is 0 Å². The van der Waals surface area contributed by atoms with Crippen LogP contribution in [0.2, 0.25) is 0 Å². The van der Waals surface area contributed by atoms with Crippen LogP contribution in [-0.2, 0) is 26.0 Å². The van der Waals surface area contributed by atoms with Crippen molar-refractivity contribution < 1.29 is 17.9 Å². The van der Waals surface area contributed by atoms with E-state index in [1.165, 1.54) is 6.07 Å². The standard InChI is InChI=1S/C19H32N4O4S/c1-3-21-19(22-15-16-6-4-7-18(14-16)28(20,24)25)23-10-8-17(9-11-23)27-13-5-12-26-2/h4,6-7,14,17H,3,5,8-13,15H2,1-2H3,(H,21,22)(H2,20,24,25). The number of likely N-dealkylation sites (tertiary alicyclic amines) is 1. The lowest BCUT2D eigenvalue weighted by molar-refractivity contribution is 0.00990. The van der Waals surface area contributed by atoms with E-state index in [9.17, 15) is 8.42 Å². The Morgan fingerprint density at radius 3 is 2.71 bits per heavy atom. The van der Waals surface area contributed by atoms with E-state index < -0.39 is 10.0 Å². The Kier molecular flexibility index (Phi) is 9.17. The molecule has 0 unspecified atom stereocenters. The van der Waals surface area contributed by atoms with Gasteiger partial charge in [-0.15, -0.1) is 0 Å². The van der Waals surface area contributed by atoms with Crippen LogP contribution in [0.1, 0.15) is 31.7 Å². The molecule has 1 aliphatic heterocycles. The minimum atomic E-state index is -3.71. The second-order valence-corrected chi connectivity index (χ2v) is 8.33. The second-order valence-electron chi connectivity index (χ2n) is 6.77. The predicted molar refractivity (Wildman–Crippen MR) is 110 cm³/mol. The van der Waals surface area contributed by atoms with Gasteiger partial charge in [0.05, 0.1) is 17.5 Å². The maximum atomic E-state index is 11.5. The van der Waals surface area contributed by atoms with Gasteiger partial charge in [0.15, 0.2) is 5.96 Å². The number of sulfonamides is 1. The third-order valence-corrected chi connectivity index (χ3v) is 5.47. The van der Waals surface area contributed by atoms with Crippen molar-refractivity contribution in [1.82, 2.24) is 10.2 Å². The first-order valence-electron chi connectivity index (χ1n) is 9.69. The fourth-order valence-electron chi connectivity index (χ4n) is 3.10. The molecule has 8 nitrogen and oxygen atoms in total. The SMILES string of the molecule is CCNC(=NCc1cccc(S(N)(=O)=O)c1)N1CCC(OCCCOC)CC1. The summed E-state index contributed by atoms with van der Waals surface area (Å²) in [6.45, 7) is 6.39. The number of benzene rings is 1. The minimum Gasteiger partial charge on any atom is -0.385 e. The lowest BCUT2D eigenvalue weighted by Crippen LogP contribution is -2.47. The van der Waals surface area contributed by atoms with Crippen LogP contribution < -0.4 is 10.5 Å². The van der Waals surface area contributed by atoms with Gasteiger partial charge in [-0.2, -0.15) is 0 Å². The Bertz CT molecular complexity index is 731. The van der Waals surface area contributed by atoms with Crippen LogP contribution in [0.15, 0.2) is 34.2 Å². The predicted octanol–water partition coefficient (Wildman–Crippen LogP) is 1.32. The Morgan fingerprint density at radius 1 is 1.32 bits per heavy atom. The third kappa shape index (κ3) is 7.38. The molecule has 0 saturated carbocycles. The van der Waals surface area contributed by atoms with Crippen LogP contribution in [0.25, 0.3) is 0 Å². The number of piperidine rings is 1. The highest BCUT2D eigenvalue weighted by molar-refractivity contribution is 7.89. The molecule has 0 radical (unpaired) electrons. The highest BCUT2D eigenvalue weighted by atomic mass is 32.2. The van der Waals surface area contributed by atoms with Crippen LogP contribution >= 0.6 is 0 Å². The monoisotopic (exact) mass is 412 g/mol. The van der Waals surface area contributed by atoms with Gasteiger partial charge < -0.3 is 19.7 Å². The van der Waals surface area contributed by atoms with Gasteiger partial charge in [-0.05, 0) is 43.9 Å². The summed E-state index contributed by atoms with van der Waals surface area (Å²) >= 11 is 0. The van der Waals surface area contributed by atoms with Crippen molar-refractivity contribution in [3.63, 3.8) is 0 Å². The molecule has 0 spiro atoms. The van der Waals surface area contributed by atoms with Gasteiger partial charge in [-0.1, -0.05) is 12.1 Å². The summed E-state index contributed by atoms with van der Waals surface area (Å²) in [5.74, 6) is 0.835. The van der Waals surface area contributed by atoms with Crippen LogP contribution in [0.4, 0.5) is 0 Å². The number of rotatable bonds is 9. The van der Waals surface area contributed by atoms with Crippen molar-refractivity contribution in [2.75, 3.05) is 40.0 Å². The molecule has 1 aromatic carbocycles. The van der Waals surface area contributed by atoms with Gasteiger partial charge in [0, 0.05) is 40.0 Å². The third-order valence-electron chi connectivity index (χ3n) is 4.56. The number of hydrogen-bond donors (Lipinski definition) is 2. The van der Waals surface area contributed by atoms with E-state index in [1.54, 1.807) is 19.2 Å². The Labute approximate surface area is 168 Å². The van der Waals surface area contributed by atoms with E-state index in [2.05, 4.69) is 15.2 Å². The smallest absolute Gasteiger partial charge is 0.238 e. The summed E-state index contributed by atoms with van der Waals surface area (Å²) in [7, 11) is -2.01. The van der Waals surface area contributed by atoms with Crippen LogP contribution in [-0.4, -0.2) is 65.3 Å². The number of aliphatic imine (C=N–C) groups is 1. The summed E-state index contributed by atoms with van der Waals surface area (Å²) in [6.07, 6.45) is 3.11. The zero-order valence-corrected chi connectivity index (χ0v) is 17.6. The van der Waals surface area contributed by atoms with E-state index in [1.807, 2.05) is 13.0 Å². The first-order chi connectivity index (χ1) is 13.4. The Balaban J connectivity index is 1.93. The second kappa shape index (κ2) is 11.4. The molecule has 28 heavy (non-hydrogen) atoms. The van der Waals surface area contributed by atoms with E-state index in [0.29, 0.717) is 6.54 Å². The largest absolute Gasteiger partial charge is 0.385 e. The molecule has 3 N–H and O–H groups in total. The first-order valence-corrected chi connectivity index (χ1v) is 11.2. The fraction of sp³-hybridized carbons (Fsp3) is 0.632. The summed E-state index contributed by atoms with van der Waals surface area (Å²) < 4.78 is 34.0. The summed E-state index contributed by atoms with van der Waals surface area (Å²) in [4.78, 5) is 7.01. The molecule has 0 amide bonds. The summed E-state index contributed by atoms with van der Waals surface area (Å²) in [5.41, 5.74) is 0.804. The number of primary sulfonamides is 1. The Hall–Kier alpha value is -1.68. The molecule has 0 bridgehead atoms. The van der Waals surface area contributed by atoms with Gasteiger partial charge in [0.25, 0.3) is 0 Å². The topological polar surface area (TPSA) is 106 Å².